The first-order valence-corrected chi connectivity index (χ1v) is 16.5. The van der Waals surface area contributed by atoms with E-state index in [-0.39, 0.29) is 11.3 Å². The van der Waals surface area contributed by atoms with Crippen LogP contribution in [0.1, 0.15) is 152 Å². The van der Waals surface area contributed by atoms with E-state index in [1.165, 1.54) is 83.5 Å². The smallest absolute Gasteiger partial charge is 0.425 e. The number of halogens is 3. The Morgan fingerprint density at radius 2 is 1.32 bits per heavy atom. The van der Waals surface area contributed by atoms with E-state index in [1.807, 2.05) is 6.07 Å². The average molecular weight is 557 g/mol. The molecule has 1 heterocycles. The molecule has 2 aromatic carbocycles. The van der Waals surface area contributed by atoms with Crippen LogP contribution in [0.5, 0.6) is 5.75 Å². The predicted octanol–water partition coefficient (Wildman–Crippen LogP) is 12.3. The number of fused-ring (bicyclic) bond motifs is 3. The van der Waals surface area contributed by atoms with Crippen LogP contribution in [0.4, 0.5) is 13.2 Å². The van der Waals surface area contributed by atoms with Gasteiger partial charge in [-0.25, -0.2) is 4.39 Å². The standard InChI is InChI=1S/C36H51F3O/c1-3-5-7-9-11-12-14-16-27-18-20-28(21-19-27)30-23-24-31-32-25-22-29(17-15-13-10-8-6-4-2)34(37)35(32)40-36(38,39)33(31)26-30/h22-28H,3-21H2,1-2H3. The number of unbranched alkanes of at least 4 members (excludes halogenated alkanes) is 11. The van der Waals surface area contributed by atoms with Gasteiger partial charge in [0.15, 0.2) is 11.6 Å². The number of hydrogen-bond acceptors (Lipinski definition) is 1. The van der Waals surface area contributed by atoms with E-state index < -0.39 is 11.9 Å². The molecule has 0 atom stereocenters. The summed E-state index contributed by atoms with van der Waals surface area (Å²) in [5.41, 5.74) is 2.16. The van der Waals surface area contributed by atoms with Crippen molar-refractivity contribution < 1.29 is 17.9 Å². The van der Waals surface area contributed by atoms with E-state index in [9.17, 15) is 0 Å². The second-order valence-corrected chi connectivity index (χ2v) is 12.5. The number of rotatable bonds is 16. The molecule has 4 heteroatoms. The molecule has 0 bridgehead atoms. The summed E-state index contributed by atoms with van der Waals surface area (Å²) in [7, 11) is 0. The molecule has 1 aliphatic carbocycles. The molecule has 0 spiro atoms. The van der Waals surface area contributed by atoms with Gasteiger partial charge in [-0.2, -0.15) is 8.78 Å². The van der Waals surface area contributed by atoms with Crippen LogP contribution < -0.4 is 4.74 Å². The summed E-state index contributed by atoms with van der Waals surface area (Å²) in [6.07, 6.45) is 18.8. The van der Waals surface area contributed by atoms with Crippen LogP contribution in [0.2, 0.25) is 0 Å². The van der Waals surface area contributed by atoms with Gasteiger partial charge in [0.1, 0.15) is 0 Å². The maximum absolute atomic E-state index is 15.4. The molecule has 0 unspecified atom stereocenters. The summed E-state index contributed by atoms with van der Waals surface area (Å²) in [6.45, 7) is 4.44. The molecule has 0 radical (unpaired) electrons. The van der Waals surface area contributed by atoms with E-state index >= 15 is 13.2 Å². The molecule has 222 valence electrons. The van der Waals surface area contributed by atoms with Gasteiger partial charge in [-0.3, -0.25) is 0 Å². The van der Waals surface area contributed by atoms with E-state index in [4.69, 9.17) is 4.74 Å². The zero-order valence-electron chi connectivity index (χ0n) is 25.0. The van der Waals surface area contributed by atoms with Crippen molar-refractivity contribution in [3.63, 3.8) is 0 Å². The minimum absolute atomic E-state index is 0.120. The van der Waals surface area contributed by atoms with E-state index in [2.05, 4.69) is 13.8 Å². The van der Waals surface area contributed by atoms with Gasteiger partial charge in [-0.15, -0.1) is 0 Å². The molecule has 40 heavy (non-hydrogen) atoms. The predicted molar refractivity (Wildman–Crippen MR) is 161 cm³/mol. The quantitative estimate of drug-likeness (QED) is 0.187. The summed E-state index contributed by atoms with van der Waals surface area (Å²) < 4.78 is 51.1. The Bertz CT molecular complexity index is 1050. The SMILES string of the molecule is CCCCCCCCCC1CCC(c2ccc3c(c2)C(F)(F)Oc2c-3ccc(CCCCCCCC)c2F)CC1. The van der Waals surface area contributed by atoms with Crippen LogP contribution in [-0.4, -0.2) is 0 Å². The van der Waals surface area contributed by atoms with Crippen molar-refractivity contribution in [3.8, 4) is 16.9 Å². The second kappa shape index (κ2) is 15.3. The van der Waals surface area contributed by atoms with Crippen molar-refractivity contribution in [1.82, 2.24) is 0 Å². The van der Waals surface area contributed by atoms with Gasteiger partial charge >= 0.3 is 6.11 Å². The number of alkyl halides is 2. The van der Waals surface area contributed by atoms with Crippen LogP contribution in [0.15, 0.2) is 30.3 Å². The monoisotopic (exact) mass is 556 g/mol. The van der Waals surface area contributed by atoms with Crippen molar-refractivity contribution in [2.75, 3.05) is 0 Å². The minimum Gasteiger partial charge on any atom is -0.425 e. The molecular formula is C36H51F3O. The minimum atomic E-state index is -3.54. The van der Waals surface area contributed by atoms with Crippen molar-refractivity contribution in [2.24, 2.45) is 5.92 Å². The average Bonchev–Trinajstić information content (AvgIpc) is 2.96. The molecular weight excluding hydrogens is 505 g/mol. The topological polar surface area (TPSA) is 9.23 Å². The Hall–Kier alpha value is -1.97. The maximum Gasteiger partial charge on any atom is 0.427 e. The normalized spacial score (nSPS) is 19.6. The molecule has 0 saturated heterocycles. The van der Waals surface area contributed by atoms with Gasteiger partial charge < -0.3 is 4.74 Å². The van der Waals surface area contributed by atoms with Crippen LogP contribution in [0.3, 0.4) is 0 Å². The molecule has 1 fully saturated rings. The molecule has 1 nitrogen and oxygen atoms in total. The van der Waals surface area contributed by atoms with Crippen LogP contribution in [0.25, 0.3) is 11.1 Å². The molecule has 1 saturated carbocycles. The first-order valence-electron chi connectivity index (χ1n) is 16.5. The Balaban J connectivity index is 1.35. The van der Waals surface area contributed by atoms with Gasteiger partial charge in [-0.05, 0) is 73.1 Å². The summed E-state index contributed by atoms with van der Waals surface area (Å²) in [4.78, 5) is 0. The molecule has 2 aliphatic rings. The van der Waals surface area contributed by atoms with Crippen molar-refractivity contribution in [3.05, 3.63) is 52.8 Å². The Labute approximate surface area is 241 Å². The van der Waals surface area contributed by atoms with Gasteiger partial charge in [0.2, 0.25) is 0 Å². The largest absolute Gasteiger partial charge is 0.427 e. The van der Waals surface area contributed by atoms with Crippen molar-refractivity contribution in [2.45, 2.75) is 148 Å². The van der Waals surface area contributed by atoms with E-state index in [1.54, 1.807) is 24.3 Å². The fourth-order valence-electron chi connectivity index (χ4n) is 6.85. The number of aryl methyl sites for hydroxylation is 1. The lowest BCUT2D eigenvalue weighted by Gasteiger charge is -2.32. The third kappa shape index (κ3) is 8.07. The Morgan fingerprint density at radius 1 is 0.725 bits per heavy atom. The lowest BCUT2D eigenvalue weighted by molar-refractivity contribution is -0.188. The summed E-state index contributed by atoms with van der Waals surface area (Å²) in [5.74, 6) is 0.165. The molecule has 0 amide bonds. The lowest BCUT2D eigenvalue weighted by Crippen LogP contribution is -2.28. The van der Waals surface area contributed by atoms with E-state index in [0.29, 0.717) is 29.0 Å². The highest BCUT2D eigenvalue weighted by Gasteiger charge is 2.44. The van der Waals surface area contributed by atoms with Crippen molar-refractivity contribution in [1.29, 1.82) is 0 Å². The van der Waals surface area contributed by atoms with E-state index in [0.717, 1.165) is 43.6 Å². The summed E-state index contributed by atoms with van der Waals surface area (Å²) in [5, 5.41) is 0. The summed E-state index contributed by atoms with van der Waals surface area (Å²) in [6, 6.07) is 8.94. The van der Waals surface area contributed by atoms with Gasteiger partial charge in [0.25, 0.3) is 0 Å². The second-order valence-electron chi connectivity index (χ2n) is 12.5. The zero-order chi connectivity index (χ0) is 28.4. The molecule has 2 aromatic rings. The molecule has 0 aromatic heterocycles. The molecule has 1 aliphatic heterocycles. The maximum atomic E-state index is 15.4. The summed E-state index contributed by atoms with van der Waals surface area (Å²) >= 11 is 0. The number of benzene rings is 2. The van der Waals surface area contributed by atoms with Crippen LogP contribution >= 0.6 is 0 Å². The highest BCUT2D eigenvalue weighted by molar-refractivity contribution is 5.77. The highest BCUT2D eigenvalue weighted by Crippen LogP contribution is 2.50. The van der Waals surface area contributed by atoms with Gasteiger partial charge in [0, 0.05) is 5.56 Å². The molecule has 0 N–H and O–H groups in total. The zero-order valence-corrected chi connectivity index (χ0v) is 25.0. The molecule has 4 rings (SSSR count). The fourth-order valence-corrected chi connectivity index (χ4v) is 6.85. The highest BCUT2D eigenvalue weighted by atomic mass is 19.3. The lowest BCUT2D eigenvalue weighted by atomic mass is 9.76. The third-order valence-electron chi connectivity index (χ3n) is 9.39. The van der Waals surface area contributed by atoms with Gasteiger partial charge in [0.05, 0.1) is 5.56 Å². The fraction of sp³-hybridized carbons (Fsp3) is 0.667. The van der Waals surface area contributed by atoms with Gasteiger partial charge in [-0.1, -0.05) is 122 Å². The third-order valence-corrected chi connectivity index (χ3v) is 9.39. The van der Waals surface area contributed by atoms with Crippen LogP contribution in [-0.2, 0) is 12.5 Å². The van der Waals surface area contributed by atoms with Crippen LogP contribution in [0, 0.1) is 11.7 Å². The van der Waals surface area contributed by atoms with Crippen molar-refractivity contribution >= 4 is 0 Å². The number of hydrogen-bond donors (Lipinski definition) is 0. The Morgan fingerprint density at radius 3 is 2.00 bits per heavy atom. The Kier molecular flexibility index (Phi) is 11.9. The number of ether oxygens (including phenoxy) is 1. The first kappa shape index (κ1) is 31.0. The first-order chi connectivity index (χ1) is 19.4.